The minimum atomic E-state index is -3.38. The number of benzene rings is 1. The highest BCUT2D eigenvalue weighted by Crippen LogP contribution is 2.34. The molecule has 8 heteroatoms. The van der Waals surface area contributed by atoms with Gasteiger partial charge < -0.3 is 10.2 Å². The van der Waals surface area contributed by atoms with Crippen molar-refractivity contribution in [1.82, 2.24) is 14.5 Å². The summed E-state index contributed by atoms with van der Waals surface area (Å²) in [5.41, 5.74) is 2.79. The zero-order valence-corrected chi connectivity index (χ0v) is 22.5. The van der Waals surface area contributed by atoms with Crippen LogP contribution in [0.25, 0.3) is 0 Å². The highest BCUT2D eigenvalue weighted by Gasteiger charge is 2.48. The smallest absolute Gasteiger partial charge is 0.253 e. The third kappa shape index (κ3) is 6.33. The predicted molar refractivity (Wildman–Crippen MR) is 141 cm³/mol. The van der Waals surface area contributed by atoms with E-state index in [1.807, 2.05) is 0 Å². The van der Waals surface area contributed by atoms with Gasteiger partial charge >= 0.3 is 0 Å². The number of nitrogens with one attached hydrogen (secondary N) is 1. The molecule has 1 aromatic carbocycles. The van der Waals surface area contributed by atoms with E-state index in [2.05, 4.69) is 49.4 Å². The van der Waals surface area contributed by atoms with Crippen molar-refractivity contribution in [1.29, 1.82) is 0 Å². The topological polar surface area (TPSA) is 82.1 Å². The van der Waals surface area contributed by atoms with Gasteiger partial charge in [0.1, 0.15) is 11.4 Å². The molecule has 1 aliphatic carbocycles. The summed E-state index contributed by atoms with van der Waals surface area (Å²) in [7, 11) is 0.787. The summed E-state index contributed by atoms with van der Waals surface area (Å²) < 4.78 is 27.8. The normalized spacial score (nSPS) is 21.5. The van der Waals surface area contributed by atoms with Gasteiger partial charge in [-0.1, -0.05) is 37.5 Å². The minimum absolute atomic E-state index is 0.0311. The number of amides is 1. The molecule has 0 aromatic heterocycles. The quantitative estimate of drug-likeness (QED) is 0.562. The van der Waals surface area contributed by atoms with Crippen molar-refractivity contribution >= 4 is 21.8 Å². The Kier molecular flexibility index (Phi) is 8.34. The standard InChI is InChI=1S/C27H42N4O3S/c1-21-20-22(8-7-16-30(2)3)11-12-23(21)13-19-35(33,34)31-17-14-27(15-18-31)26(32)28-25(29-27)24-9-5-4-6-10-24/h11-12,20,24H,4-10,13-19H2,1-3H3,(H,28,29,32). The fourth-order valence-electron chi connectivity index (χ4n) is 5.75. The van der Waals surface area contributed by atoms with Crippen LogP contribution < -0.4 is 5.32 Å². The van der Waals surface area contributed by atoms with E-state index in [0.29, 0.717) is 38.3 Å². The minimum Gasteiger partial charge on any atom is -0.312 e. The Morgan fingerprint density at radius 2 is 1.83 bits per heavy atom. The van der Waals surface area contributed by atoms with Crippen LogP contribution in [0.1, 0.15) is 68.1 Å². The Labute approximate surface area is 211 Å². The highest BCUT2D eigenvalue weighted by atomic mass is 32.2. The molecule has 0 unspecified atom stereocenters. The summed E-state index contributed by atoms with van der Waals surface area (Å²) in [5, 5.41) is 3.05. The van der Waals surface area contributed by atoms with Gasteiger partial charge in [-0.25, -0.2) is 12.7 Å². The Bertz CT molecular complexity index is 1040. The SMILES string of the molecule is Cc1cc(CCCN(C)C)ccc1CCS(=O)(=O)N1CCC2(CC1)N=C(C1CCCCC1)NC2=O. The lowest BCUT2D eigenvalue weighted by Crippen LogP contribution is -2.51. The molecular formula is C27H42N4O3S. The average Bonchev–Trinajstić information content (AvgIpc) is 3.14. The van der Waals surface area contributed by atoms with Gasteiger partial charge in [0.15, 0.2) is 0 Å². The molecule has 1 spiro atoms. The number of amidine groups is 1. The number of sulfonamides is 1. The first-order valence-electron chi connectivity index (χ1n) is 13.3. The van der Waals surface area contributed by atoms with E-state index in [-0.39, 0.29) is 11.7 Å². The van der Waals surface area contributed by atoms with Gasteiger partial charge in [0.05, 0.1) is 5.75 Å². The van der Waals surface area contributed by atoms with Crippen molar-refractivity contribution in [3.8, 4) is 0 Å². The Morgan fingerprint density at radius 3 is 2.49 bits per heavy atom. The molecule has 0 radical (unpaired) electrons. The summed E-state index contributed by atoms with van der Waals surface area (Å²) in [6.07, 6.45) is 9.41. The number of aryl methyl sites for hydroxylation is 3. The fraction of sp³-hybridized carbons (Fsp3) is 0.704. The average molecular weight is 503 g/mol. The molecule has 3 aliphatic rings. The third-order valence-electron chi connectivity index (χ3n) is 8.04. The third-order valence-corrected chi connectivity index (χ3v) is 9.91. The first-order valence-corrected chi connectivity index (χ1v) is 14.9. The highest BCUT2D eigenvalue weighted by molar-refractivity contribution is 7.89. The number of carbonyl (C=O) groups excluding carboxylic acids is 1. The number of hydrogen-bond donors (Lipinski definition) is 1. The Hall–Kier alpha value is -1.77. The summed E-state index contributed by atoms with van der Waals surface area (Å²) in [6, 6.07) is 6.42. The van der Waals surface area contributed by atoms with E-state index in [1.54, 1.807) is 4.31 Å². The summed E-state index contributed by atoms with van der Waals surface area (Å²) >= 11 is 0. The van der Waals surface area contributed by atoms with Gasteiger partial charge in [-0.15, -0.1) is 0 Å². The zero-order valence-electron chi connectivity index (χ0n) is 21.7. The summed E-state index contributed by atoms with van der Waals surface area (Å²) in [4.78, 5) is 19.9. The first kappa shape index (κ1) is 26.3. The second kappa shape index (κ2) is 11.1. The molecular weight excluding hydrogens is 460 g/mol. The van der Waals surface area contributed by atoms with Crippen molar-refractivity contribution in [3.63, 3.8) is 0 Å². The maximum absolute atomic E-state index is 13.1. The number of aliphatic imine (C=N–C) groups is 1. The van der Waals surface area contributed by atoms with Crippen LogP contribution in [0.15, 0.2) is 23.2 Å². The molecule has 1 saturated carbocycles. The molecule has 2 heterocycles. The summed E-state index contributed by atoms with van der Waals surface area (Å²) in [5.74, 6) is 1.28. The van der Waals surface area contributed by atoms with Crippen LogP contribution in [0.5, 0.6) is 0 Å². The van der Waals surface area contributed by atoms with E-state index < -0.39 is 15.6 Å². The zero-order chi connectivity index (χ0) is 25.1. The molecule has 0 bridgehead atoms. The maximum atomic E-state index is 13.1. The predicted octanol–water partition coefficient (Wildman–Crippen LogP) is 3.30. The number of carbonyl (C=O) groups is 1. The first-order chi connectivity index (χ1) is 16.7. The molecule has 1 N–H and O–H groups in total. The van der Waals surface area contributed by atoms with Crippen molar-refractivity contribution in [3.05, 3.63) is 34.9 Å². The van der Waals surface area contributed by atoms with Gasteiger partial charge in [-0.05, 0) is 89.2 Å². The van der Waals surface area contributed by atoms with Crippen LogP contribution >= 0.6 is 0 Å². The number of hydrogen-bond acceptors (Lipinski definition) is 5. The van der Waals surface area contributed by atoms with Gasteiger partial charge in [-0.3, -0.25) is 9.79 Å². The molecule has 4 rings (SSSR count). The monoisotopic (exact) mass is 502 g/mol. The molecule has 0 atom stereocenters. The van der Waals surface area contributed by atoms with Crippen LogP contribution in [0.3, 0.4) is 0 Å². The van der Waals surface area contributed by atoms with E-state index in [4.69, 9.17) is 4.99 Å². The van der Waals surface area contributed by atoms with E-state index in [1.165, 1.54) is 24.8 Å². The van der Waals surface area contributed by atoms with Crippen molar-refractivity contribution in [2.75, 3.05) is 39.5 Å². The van der Waals surface area contributed by atoms with Gasteiger partial charge in [0.2, 0.25) is 10.0 Å². The van der Waals surface area contributed by atoms with Crippen LogP contribution in [0.2, 0.25) is 0 Å². The molecule has 7 nitrogen and oxygen atoms in total. The van der Waals surface area contributed by atoms with Crippen molar-refractivity contribution < 1.29 is 13.2 Å². The van der Waals surface area contributed by atoms with Gasteiger partial charge in [-0.2, -0.15) is 0 Å². The van der Waals surface area contributed by atoms with E-state index >= 15 is 0 Å². The maximum Gasteiger partial charge on any atom is 0.253 e. The fourth-order valence-corrected chi connectivity index (χ4v) is 7.22. The molecule has 2 aliphatic heterocycles. The number of piperidine rings is 1. The molecule has 1 saturated heterocycles. The Balaban J connectivity index is 1.31. The lowest BCUT2D eigenvalue weighted by atomic mass is 9.88. The van der Waals surface area contributed by atoms with Crippen LogP contribution in [-0.4, -0.2) is 74.4 Å². The number of rotatable bonds is 9. The second-order valence-electron chi connectivity index (χ2n) is 11.0. The van der Waals surface area contributed by atoms with Crippen molar-refractivity contribution in [2.45, 2.75) is 76.7 Å². The van der Waals surface area contributed by atoms with Crippen molar-refractivity contribution in [2.24, 2.45) is 10.9 Å². The van der Waals surface area contributed by atoms with Gasteiger partial charge in [0, 0.05) is 19.0 Å². The lowest BCUT2D eigenvalue weighted by molar-refractivity contribution is -0.125. The second-order valence-corrected chi connectivity index (χ2v) is 13.0. The number of nitrogens with zero attached hydrogens (tertiary/aromatic N) is 3. The van der Waals surface area contributed by atoms with E-state index in [9.17, 15) is 13.2 Å². The Morgan fingerprint density at radius 1 is 1.11 bits per heavy atom. The van der Waals surface area contributed by atoms with Crippen LogP contribution in [-0.2, 0) is 27.7 Å². The largest absolute Gasteiger partial charge is 0.312 e. The molecule has 2 fully saturated rings. The molecule has 194 valence electrons. The summed E-state index contributed by atoms with van der Waals surface area (Å²) in [6.45, 7) is 3.86. The van der Waals surface area contributed by atoms with Crippen LogP contribution in [0.4, 0.5) is 0 Å². The molecule has 1 aromatic rings. The van der Waals surface area contributed by atoms with E-state index in [0.717, 1.165) is 49.2 Å². The van der Waals surface area contributed by atoms with Crippen LogP contribution in [0, 0.1) is 12.8 Å². The molecule has 35 heavy (non-hydrogen) atoms. The lowest BCUT2D eigenvalue weighted by Gasteiger charge is -2.34. The molecule has 1 amide bonds. The van der Waals surface area contributed by atoms with Gasteiger partial charge in [0.25, 0.3) is 5.91 Å².